The second kappa shape index (κ2) is 8.53. The summed E-state index contributed by atoms with van der Waals surface area (Å²) in [7, 11) is -5.43. The maximum Gasteiger partial charge on any atom is 0.501 e. The highest BCUT2D eigenvalue weighted by Gasteiger charge is 2.46. The molecule has 0 fully saturated rings. The minimum absolute atomic E-state index is 0.0593. The fraction of sp³-hybridized carbons (Fsp3) is 0.278. The first kappa shape index (κ1) is 20.9. The molecule has 0 unspecified atom stereocenters. The molecule has 2 rings (SSSR count). The normalized spacial score (nSPS) is 12.0. The van der Waals surface area contributed by atoms with E-state index in [-0.39, 0.29) is 12.1 Å². The SMILES string of the molecule is CCOCc1ccc(CNC(=O)c2ccc(S(=O)(=O)C(F)(F)F)cc2)cc1. The van der Waals surface area contributed by atoms with Crippen molar-refractivity contribution < 1.29 is 31.1 Å². The number of hydrogen-bond donors (Lipinski definition) is 1. The van der Waals surface area contributed by atoms with Crippen molar-refractivity contribution in [2.75, 3.05) is 6.61 Å². The molecular weight excluding hydrogens is 383 g/mol. The zero-order valence-corrected chi connectivity index (χ0v) is 15.2. The van der Waals surface area contributed by atoms with Crippen LogP contribution in [-0.2, 0) is 27.7 Å². The first-order chi connectivity index (χ1) is 12.6. The number of carbonyl (C=O) groups is 1. The Morgan fingerprint density at radius 3 is 2.07 bits per heavy atom. The van der Waals surface area contributed by atoms with Gasteiger partial charge in [0.2, 0.25) is 0 Å². The van der Waals surface area contributed by atoms with Crippen LogP contribution in [0, 0.1) is 0 Å². The van der Waals surface area contributed by atoms with Crippen LogP contribution in [0.15, 0.2) is 53.4 Å². The zero-order chi connectivity index (χ0) is 20.1. The molecule has 0 bridgehead atoms. The Hall–Kier alpha value is -2.39. The van der Waals surface area contributed by atoms with Crippen LogP contribution in [0.25, 0.3) is 0 Å². The lowest BCUT2D eigenvalue weighted by Crippen LogP contribution is -2.24. The highest BCUT2D eigenvalue weighted by atomic mass is 32.2. The van der Waals surface area contributed by atoms with Crippen molar-refractivity contribution in [2.45, 2.75) is 30.5 Å². The average molecular weight is 401 g/mol. The number of hydrogen-bond acceptors (Lipinski definition) is 4. The quantitative estimate of drug-likeness (QED) is 0.771. The van der Waals surface area contributed by atoms with Gasteiger partial charge in [0, 0.05) is 18.7 Å². The highest BCUT2D eigenvalue weighted by Crippen LogP contribution is 2.30. The van der Waals surface area contributed by atoms with E-state index < -0.39 is 26.1 Å². The number of carbonyl (C=O) groups excluding carboxylic acids is 1. The van der Waals surface area contributed by atoms with Gasteiger partial charge in [0.25, 0.3) is 15.7 Å². The minimum atomic E-state index is -5.43. The standard InChI is InChI=1S/C18H18F3NO4S/c1-2-26-12-14-5-3-13(4-6-14)11-22-17(23)15-7-9-16(10-8-15)27(24,25)18(19,20)21/h3-10H,2,11-12H2,1H3,(H,22,23). The number of alkyl halides is 3. The first-order valence-electron chi connectivity index (χ1n) is 8.00. The number of nitrogens with one attached hydrogen (secondary N) is 1. The summed E-state index contributed by atoms with van der Waals surface area (Å²) in [5.74, 6) is -0.524. The van der Waals surface area contributed by atoms with Crippen LogP contribution in [0.3, 0.4) is 0 Å². The molecule has 0 spiro atoms. The summed E-state index contributed by atoms with van der Waals surface area (Å²) in [4.78, 5) is 11.2. The minimum Gasteiger partial charge on any atom is -0.377 e. The van der Waals surface area contributed by atoms with Gasteiger partial charge in [-0.15, -0.1) is 0 Å². The molecule has 0 aromatic heterocycles. The molecular formula is C18H18F3NO4S. The van der Waals surface area contributed by atoms with Crippen molar-refractivity contribution in [1.29, 1.82) is 0 Å². The van der Waals surface area contributed by atoms with Crippen molar-refractivity contribution in [2.24, 2.45) is 0 Å². The topological polar surface area (TPSA) is 72.5 Å². The van der Waals surface area contributed by atoms with E-state index in [9.17, 15) is 26.4 Å². The smallest absolute Gasteiger partial charge is 0.377 e. The fourth-order valence-corrected chi connectivity index (χ4v) is 2.94. The third-order valence-corrected chi connectivity index (χ3v) is 5.18. The number of amides is 1. The zero-order valence-electron chi connectivity index (χ0n) is 14.4. The number of benzene rings is 2. The van der Waals surface area contributed by atoms with Crippen LogP contribution in [0.5, 0.6) is 0 Å². The highest BCUT2D eigenvalue weighted by molar-refractivity contribution is 7.92. The summed E-state index contributed by atoms with van der Waals surface area (Å²) in [6.07, 6.45) is 0. The molecule has 0 saturated carbocycles. The molecule has 27 heavy (non-hydrogen) atoms. The van der Waals surface area contributed by atoms with Crippen LogP contribution in [-0.4, -0.2) is 26.4 Å². The Labute approximate surface area is 155 Å². The van der Waals surface area contributed by atoms with E-state index in [0.29, 0.717) is 13.2 Å². The van der Waals surface area contributed by atoms with Crippen molar-refractivity contribution in [1.82, 2.24) is 5.32 Å². The van der Waals surface area contributed by atoms with Gasteiger partial charge in [-0.3, -0.25) is 4.79 Å². The molecule has 5 nitrogen and oxygen atoms in total. The Morgan fingerprint density at radius 1 is 1.00 bits per heavy atom. The predicted octanol–water partition coefficient (Wildman–Crippen LogP) is 3.45. The van der Waals surface area contributed by atoms with Gasteiger partial charge >= 0.3 is 5.51 Å². The van der Waals surface area contributed by atoms with E-state index in [4.69, 9.17) is 4.74 Å². The first-order valence-corrected chi connectivity index (χ1v) is 9.48. The van der Waals surface area contributed by atoms with E-state index in [1.165, 1.54) is 0 Å². The molecule has 0 saturated heterocycles. The lowest BCUT2D eigenvalue weighted by molar-refractivity contribution is -0.0436. The second-order valence-corrected chi connectivity index (χ2v) is 7.55. The molecule has 0 atom stereocenters. The van der Waals surface area contributed by atoms with Crippen molar-refractivity contribution in [3.8, 4) is 0 Å². The van der Waals surface area contributed by atoms with Crippen LogP contribution in [0.1, 0.15) is 28.4 Å². The third kappa shape index (κ3) is 5.30. The average Bonchev–Trinajstić information content (AvgIpc) is 2.64. The van der Waals surface area contributed by atoms with Crippen LogP contribution in [0.2, 0.25) is 0 Å². The Bertz CT molecular complexity index is 876. The van der Waals surface area contributed by atoms with Gasteiger partial charge in [-0.25, -0.2) is 8.42 Å². The van der Waals surface area contributed by atoms with Crippen molar-refractivity contribution >= 4 is 15.7 Å². The molecule has 0 aliphatic heterocycles. The van der Waals surface area contributed by atoms with Gasteiger partial charge in [0.05, 0.1) is 11.5 Å². The maximum absolute atomic E-state index is 12.5. The molecule has 9 heteroatoms. The van der Waals surface area contributed by atoms with Gasteiger partial charge in [-0.05, 0) is 42.3 Å². The summed E-state index contributed by atoms with van der Waals surface area (Å²) in [6, 6.07) is 11.0. The second-order valence-electron chi connectivity index (χ2n) is 5.61. The monoisotopic (exact) mass is 401 g/mol. The van der Waals surface area contributed by atoms with Gasteiger partial charge in [-0.1, -0.05) is 24.3 Å². The largest absolute Gasteiger partial charge is 0.501 e. The summed E-state index contributed by atoms with van der Waals surface area (Å²) in [5.41, 5.74) is -3.50. The summed E-state index contributed by atoms with van der Waals surface area (Å²) >= 11 is 0. The number of halogens is 3. The third-order valence-electron chi connectivity index (χ3n) is 3.68. The molecule has 0 aliphatic carbocycles. The number of rotatable bonds is 7. The van der Waals surface area contributed by atoms with E-state index in [1.807, 2.05) is 31.2 Å². The molecule has 2 aromatic rings. The van der Waals surface area contributed by atoms with Gasteiger partial charge in [-0.2, -0.15) is 13.2 Å². The van der Waals surface area contributed by atoms with E-state index in [1.54, 1.807) is 0 Å². The van der Waals surface area contributed by atoms with Gasteiger partial charge < -0.3 is 10.1 Å². The summed E-state index contributed by atoms with van der Waals surface area (Å²) in [6.45, 7) is 3.22. The van der Waals surface area contributed by atoms with Crippen LogP contribution in [0.4, 0.5) is 13.2 Å². The molecule has 2 aromatic carbocycles. The molecule has 0 heterocycles. The van der Waals surface area contributed by atoms with Crippen LogP contribution < -0.4 is 5.32 Å². The number of sulfone groups is 1. The van der Waals surface area contributed by atoms with E-state index >= 15 is 0 Å². The summed E-state index contributed by atoms with van der Waals surface area (Å²) in [5, 5.41) is 2.62. The maximum atomic E-state index is 12.5. The van der Waals surface area contributed by atoms with Crippen molar-refractivity contribution in [3.63, 3.8) is 0 Å². The van der Waals surface area contributed by atoms with E-state index in [0.717, 1.165) is 35.4 Å². The Kier molecular flexibility index (Phi) is 6.61. The van der Waals surface area contributed by atoms with Gasteiger partial charge in [0.15, 0.2) is 0 Å². The number of ether oxygens (including phenoxy) is 1. The lowest BCUT2D eigenvalue weighted by atomic mass is 10.1. The summed E-state index contributed by atoms with van der Waals surface area (Å²) < 4.78 is 65.4. The molecule has 146 valence electrons. The van der Waals surface area contributed by atoms with Crippen LogP contribution >= 0.6 is 0 Å². The van der Waals surface area contributed by atoms with Crippen molar-refractivity contribution in [3.05, 3.63) is 65.2 Å². The van der Waals surface area contributed by atoms with Gasteiger partial charge in [0.1, 0.15) is 0 Å². The fourth-order valence-electron chi connectivity index (χ4n) is 2.18. The predicted molar refractivity (Wildman–Crippen MR) is 92.6 cm³/mol. The van der Waals surface area contributed by atoms with E-state index in [2.05, 4.69) is 5.32 Å². The molecule has 1 amide bonds. The molecule has 0 aliphatic rings. The Balaban J connectivity index is 1.98. The lowest BCUT2D eigenvalue weighted by Gasteiger charge is -2.09. The molecule has 1 N–H and O–H groups in total. The Morgan fingerprint density at radius 2 is 1.56 bits per heavy atom. The molecule has 0 radical (unpaired) electrons.